The second-order valence-electron chi connectivity index (χ2n) is 5.44. The zero-order chi connectivity index (χ0) is 16.9. The van der Waals surface area contributed by atoms with E-state index < -0.39 is 22.9 Å². The molecule has 0 spiro atoms. The van der Waals surface area contributed by atoms with E-state index in [0.29, 0.717) is 12.1 Å². The Hall–Kier alpha value is -2.44. The molecule has 1 aromatic carbocycles. The lowest BCUT2D eigenvalue weighted by atomic mass is 10.1. The van der Waals surface area contributed by atoms with E-state index in [4.69, 9.17) is 4.74 Å². The molecule has 22 heavy (non-hydrogen) atoms. The maximum absolute atomic E-state index is 12.0. The van der Waals surface area contributed by atoms with Crippen molar-refractivity contribution in [2.24, 2.45) is 5.92 Å². The van der Waals surface area contributed by atoms with Crippen molar-refractivity contribution < 1.29 is 19.2 Å². The van der Waals surface area contributed by atoms with Crippen molar-refractivity contribution in [1.29, 1.82) is 0 Å². The van der Waals surface area contributed by atoms with E-state index in [1.807, 2.05) is 13.8 Å². The highest BCUT2D eigenvalue weighted by molar-refractivity contribution is 5.92. The number of hydrogen-bond acceptors (Lipinski definition) is 5. The van der Waals surface area contributed by atoms with E-state index in [0.717, 1.165) is 6.07 Å². The molecule has 0 unspecified atom stereocenters. The van der Waals surface area contributed by atoms with Crippen molar-refractivity contribution in [2.45, 2.75) is 33.8 Å². The predicted molar refractivity (Wildman–Crippen MR) is 80.6 cm³/mol. The maximum atomic E-state index is 12.0. The summed E-state index contributed by atoms with van der Waals surface area (Å²) in [6.07, 6.45) is -0.966. The molecule has 1 atom stereocenters. The van der Waals surface area contributed by atoms with Gasteiger partial charge >= 0.3 is 5.97 Å². The number of rotatable bonds is 6. The van der Waals surface area contributed by atoms with Gasteiger partial charge in [-0.15, -0.1) is 0 Å². The number of esters is 1. The molecule has 0 aliphatic heterocycles. The highest BCUT2D eigenvalue weighted by atomic mass is 16.6. The summed E-state index contributed by atoms with van der Waals surface area (Å²) >= 11 is 0. The van der Waals surface area contributed by atoms with Crippen molar-refractivity contribution in [3.8, 4) is 0 Å². The van der Waals surface area contributed by atoms with E-state index in [1.54, 1.807) is 6.92 Å². The Morgan fingerprint density at radius 2 is 1.95 bits per heavy atom. The van der Waals surface area contributed by atoms with Crippen LogP contribution >= 0.6 is 0 Å². The van der Waals surface area contributed by atoms with Crippen molar-refractivity contribution in [3.63, 3.8) is 0 Å². The summed E-state index contributed by atoms with van der Waals surface area (Å²) in [5, 5.41) is 13.5. The average molecular weight is 308 g/mol. The molecule has 0 radical (unpaired) electrons. The number of ether oxygens (including phenoxy) is 1. The van der Waals surface area contributed by atoms with Gasteiger partial charge in [0.15, 0.2) is 6.10 Å². The third-order valence-electron chi connectivity index (χ3n) is 2.98. The van der Waals surface area contributed by atoms with E-state index in [1.165, 1.54) is 19.1 Å². The Morgan fingerprint density at radius 1 is 1.32 bits per heavy atom. The molecule has 0 saturated heterocycles. The van der Waals surface area contributed by atoms with Gasteiger partial charge in [-0.25, -0.2) is 4.79 Å². The van der Waals surface area contributed by atoms with Crippen LogP contribution in [0.1, 0.15) is 36.7 Å². The molecule has 7 heteroatoms. The molecular formula is C15H20N2O5. The molecule has 120 valence electrons. The molecule has 0 bridgehead atoms. The Kier molecular flexibility index (Phi) is 6.03. The van der Waals surface area contributed by atoms with Crippen LogP contribution in [0.15, 0.2) is 18.2 Å². The molecule has 0 fully saturated rings. The quantitative estimate of drug-likeness (QED) is 0.493. The van der Waals surface area contributed by atoms with Crippen LogP contribution in [0.3, 0.4) is 0 Å². The normalized spacial score (nSPS) is 11.9. The molecule has 0 aromatic heterocycles. The first-order chi connectivity index (χ1) is 10.2. The smallest absolute Gasteiger partial charge is 0.339 e. The van der Waals surface area contributed by atoms with Crippen LogP contribution in [0, 0.1) is 23.0 Å². The molecule has 7 nitrogen and oxygen atoms in total. The maximum Gasteiger partial charge on any atom is 0.339 e. The minimum atomic E-state index is -0.966. The lowest BCUT2D eigenvalue weighted by molar-refractivity contribution is -0.385. The van der Waals surface area contributed by atoms with Crippen molar-refractivity contribution >= 4 is 17.6 Å². The van der Waals surface area contributed by atoms with Crippen LogP contribution in [-0.2, 0) is 9.53 Å². The number of benzene rings is 1. The molecule has 1 N–H and O–H groups in total. The standard InChI is InChI=1S/C15H20N2O5/c1-9(2)8-16-14(18)11(4)22-15(19)12-6-5-10(3)13(7-12)17(20)21/h5-7,9,11H,8H2,1-4H3,(H,16,18)/t11-/m0/s1. The molecular weight excluding hydrogens is 288 g/mol. The van der Waals surface area contributed by atoms with E-state index in [9.17, 15) is 19.7 Å². The lowest BCUT2D eigenvalue weighted by Crippen LogP contribution is -2.37. The number of carbonyl (C=O) groups excluding carboxylic acids is 2. The number of amides is 1. The predicted octanol–water partition coefficient (Wildman–Crippen LogP) is 2.22. The van der Waals surface area contributed by atoms with Gasteiger partial charge in [0, 0.05) is 18.2 Å². The molecule has 0 heterocycles. The number of nitrogens with zero attached hydrogens (tertiary/aromatic N) is 1. The van der Waals surface area contributed by atoms with E-state index >= 15 is 0 Å². The summed E-state index contributed by atoms with van der Waals surface area (Å²) in [6, 6.07) is 4.05. The number of nitrogens with one attached hydrogen (secondary N) is 1. The van der Waals surface area contributed by atoms with Crippen LogP contribution in [0.2, 0.25) is 0 Å². The molecule has 0 saturated carbocycles. The fourth-order valence-electron chi connectivity index (χ4n) is 1.66. The Balaban J connectivity index is 2.74. The Bertz CT molecular complexity index is 583. The second kappa shape index (κ2) is 7.53. The molecule has 1 amide bonds. The van der Waals surface area contributed by atoms with Gasteiger partial charge in [0.05, 0.1) is 10.5 Å². The average Bonchev–Trinajstić information content (AvgIpc) is 2.44. The molecule has 0 aliphatic carbocycles. The Labute approximate surface area is 128 Å². The third kappa shape index (κ3) is 4.83. The van der Waals surface area contributed by atoms with Crippen molar-refractivity contribution in [1.82, 2.24) is 5.32 Å². The minimum absolute atomic E-state index is 0.0424. The zero-order valence-corrected chi connectivity index (χ0v) is 13.1. The summed E-state index contributed by atoms with van der Waals surface area (Å²) in [5.41, 5.74) is 0.330. The fourth-order valence-corrected chi connectivity index (χ4v) is 1.66. The van der Waals surface area contributed by atoms with Gasteiger partial charge in [0.25, 0.3) is 11.6 Å². The largest absolute Gasteiger partial charge is 0.449 e. The summed E-state index contributed by atoms with van der Waals surface area (Å²) in [6.45, 7) is 7.41. The van der Waals surface area contributed by atoms with Gasteiger partial charge in [-0.2, -0.15) is 0 Å². The van der Waals surface area contributed by atoms with Crippen LogP contribution < -0.4 is 5.32 Å². The van der Waals surface area contributed by atoms with Gasteiger partial charge in [-0.05, 0) is 25.8 Å². The monoisotopic (exact) mass is 308 g/mol. The topological polar surface area (TPSA) is 98.5 Å². The summed E-state index contributed by atoms with van der Waals surface area (Å²) < 4.78 is 5.03. The first kappa shape index (κ1) is 17.6. The van der Waals surface area contributed by atoms with E-state index in [-0.39, 0.29) is 17.2 Å². The number of aryl methyl sites for hydroxylation is 1. The number of nitro benzene ring substituents is 1. The zero-order valence-electron chi connectivity index (χ0n) is 13.1. The lowest BCUT2D eigenvalue weighted by Gasteiger charge is -2.14. The summed E-state index contributed by atoms with van der Waals surface area (Å²) in [5.74, 6) is -0.884. The van der Waals surface area contributed by atoms with Crippen LogP contribution in [0.4, 0.5) is 5.69 Å². The summed E-state index contributed by atoms with van der Waals surface area (Å²) in [7, 11) is 0. The molecule has 1 rings (SSSR count). The van der Waals surface area contributed by atoms with E-state index in [2.05, 4.69) is 5.32 Å². The fraction of sp³-hybridized carbons (Fsp3) is 0.467. The second-order valence-corrected chi connectivity index (χ2v) is 5.44. The SMILES string of the molecule is Cc1ccc(C(=O)O[C@@H](C)C(=O)NCC(C)C)cc1[N+](=O)[O-]. The number of hydrogen-bond donors (Lipinski definition) is 1. The van der Waals surface area contributed by atoms with Crippen LogP contribution in [0.5, 0.6) is 0 Å². The third-order valence-corrected chi connectivity index (χ3v) is 2.98. The molecule has 1 aromatic rings. The van der Waals surface area contributed by atoms with Gasteiger partial charge in [-0.1, -0.05) is 19.9 Å². The summed E-state index contributed by atoms with van der Waals surface area (Å²) in [4.78, 5) is 34.0. The number of carbonyl (C=O) groups is 2. The molecule has 0 aliphatic rings. The van der Waals surface area contributed by atoms with Crippen LogP contribution in [0.25, 0.3) is 0 Å². The van der Waals surface area contributed by atoms with Gasteiger partial charge in [0.1, 0.15) is 0 Å². The van der Waals surface area contributed by atoms with Gasteiger partial charge in [0.2, 0.25) is 0 Å². The highest BCUT2D eigenvalue weighted by Gasteiger charge is 2.21. The highest BCUT2D eigenvalue weighted by Crippen LogP contribution is 2.20. The van der Waals surface area contributed by atoms with Gasteiger partial charge in [-0.3, -0.25) is 14.9 Å². The van der Waals surface area contributed by atoms with Gasteiger partial charge < -0.3 is 10.1 Å². The number of nitro groups is 1. The minimum Gasteiger partial charge on any atom is -0.449 e. The Morgan fingerprint density at radius 3 is 2.50 bits per heavy atom. The van der Waals surface area contributed by atoms with Crippen LogP contribution in [-0.4, -0.2) is 29.4 Å². The van der Waals surface area contributed by atoms with Crippen molar-refractivity contribution in [3.05, 3.63) is 39.4 Å². The van der Waals surface area contributed by atoms with Crippen molar-refractivity contribution in [2.75, 3.05) is 6.54 Å². The first-order valence-corrected chi connectivity index (χ1v) is 6.96. The first-order valence-electron chi connectivity index (χ1n) is 6.96.